The number of pyridine rings is 2. The van der Waals surface area contributed by atoms with Gasteiger partial charge < -0.3 is 0 Å². The summed E-state index contributed by atoms with van der Waals surface area (Å²) < 4.78 is 29.5. The Hall–Kier alpha value is -3.66. The summed E-state index contributed by atoms with van der Waals surface area (Å²) in [6.45, 7) is 0. The number of hydrogen-bond donors (Lipinski definition) is 0. The molecule has 0 radical (unpaired) electrons. The summed E-state index contributed by atoms with van der Waals surface area (Å²) >= 11 is 0. The Morgan fingerprint density at radius 3 is 1.50 bits per heavy atom. The van der Waals surface area contributed by atoms with Crippen LogP contribution in [0.2, 0.25) is 0 Å². The van der Waals surface area contributed by atoms with Crippen molar-refractivity contribution >= 4 is 21.5 Å². The molecule has 4 heteroatoms. The van der Waals surface area contributed by atoms with Gasteiger partial charge in [-0.2, -0.15) is 0 Å². The molecule has 0 N–H and O–H groups in total. The topological polar surface area (TPSA) is 25.8 Å². The zero-order chi connectivity index (χ0) is 19.1. The molecule has 0 aliphatic carbocycles. The molecule has 2 heterocycles. The van der Waals surface area contributed by atoms with Crippen molar-refractivity contribution in [3.63, 3.8) is 0 Å². The van der Waals surface area contributed by atoms with Gasteiger partial charge in [0.1, 0.15) is 11.6 Å². The van der Waals surface area contributed by atoms with Crippen molar-refractivity contribution in [3.05, 3.63) is 96.8 Å². The van der Waals surface area contributed by atoms with Crippen LogP contribution in [-0.4, -0.2) is 9.97 Å². The van der Waals surface area contributed by atoms with E-state index in [1.807, 2.05) is 60.7 Å². The summed E-state index contributed by atoms with van der Waals surface area (Å²) in [6, 6.07) is 21.4. The van der Waals surface area contributed by atoms with Gasteiger partial charge in [-0.05, 0) is 29.0 Å². The highest BCUT2D eigenvalue weighted by atomic mass is 19.1. The van der Waals surface area contributed by atoms with E-state index in [2.05, 4.69) is 9.97 Å². The highest BCUT2D eigenvalue weighted by molar-refractivity contribution is 5.97. The number of hydrogen-bond acceptors (Lipinski definition) is 2. The summed E-state index contributed by atoms with van der Waals surface area (Å²) in [6.07, 6.45) is 3.27. The molecule has 0 bridgehead atoms. The zero-order valence-electron chi connectivity index (χ0n) is 14.7. The molecule has 0 amide bonds. The number of halogens is 2. The van der Waals surface area contributed by atoms with Gasteiger partial charge in [0.25, 0.3) is 0 Å². The van der Waals surface area contributed by atoms with E-state index in [0.717, 1.165) is 27.6 Å². The molecular weight excluding hydrogens is 354 g/mol. The second-order valence-electron chi connectivity index (χ2n) is 6.57. The fourth-order valence-electron chi connectivity index (χ4n) is 3.58. The molecule has 0 aliphatic heterocycles. The lowest BCUT2D eigenvalue weighted by molar-refractivity contribution is 0.587. The molecule has 0 saturated carbocycles. The van der Waals surface area contributed by atoms with Crippen LogP contribution >= 0.6 is 0 Å². The van der Waals surface area contributed by atoms with Gasteiger partial charge >= 0.3 is 0 Å². The minimum Gasteiger partial charge on any atom is -0.255 e. The number of aromatic nitrogens is 2. The van der Waals surface area contributed by atoms with Crippen molar-refractivity contribution in [2.45, 2.75) is 0 Å². The molecule has 5 rings (SSSR count). The van der Waals surface area contributed by atoms with Gasteiger partial charge in [0.05, 0.1) is 11.4 Å². The van der Waals surface area contributed by atoms with Crippen LogP contribution in [0.4, 0.5) is 8.78 Å². The molecule has 0 unspecified atom stereocenters. The van der Waals surface area contributed by atoms with E-state index in [9.17, 15) is 8.78 Å². The van der Waals surface area contributed by atoms with E-state index in [-0.39, 0.29) is 11.1 Å². The predicted octanol–water partition coefficient (Wildman–Crippen LogP) is 6.40. The van der Waals surface area contributed by atoms with Gasteiger partial charge in [0, 0.05) is 40.4 Å². The van der Waals surface area contributed by atoms with Crippen LogP contribution in [0.3, 0.4) is 0 Å². The fraction of sp³-hybridized carbons (Fsp3) is 0. The van der Waals surface area contributed by atoms with Crippen LogP contribution in [-0.2, 0) is 0 Å². The first kappa shape index (κ1) is 16.5. The van der Waals surface area contributed by atoms with Crippen LogP contribution in [0.5, 0.6) is 0 Å². The van der Waals surface area contributed by atoms with Crippen LogP contribution in [0.25, 0.3) is 44.1 Å². The minimum atomic E-state index is -0.648. The Balaban J connectivity index is 1.80. The van der Waals surface area contributed by atoms with Crippen molar-refractivity contribution in [2.75, 3.05) is 0 Å². The smallest absolute Gasteiger partial charge is 0.135 e. The average molecular weight is 368 g/mol. The Kier molecular flexibility index (Phi) is 3.83. The Morgan fingerprint density at radius 2 is 1.00 bits per heavy atom. The SMILES string of the molecule is Fc1cc(F)c(-c2nccc3ccccc23)cc1-c1nccc2ccccc12. The van der Waals surface area contributed by atoms with E-state index < -0.39 is 11.6 Å². The van der Waals surface area contributed by atoms with E-state index in [4.69, 9.17) is 0 Å². The lowest BCUT2D eigenvalue weighted by Crippen LogP contribution is -1.96. The van der Waals surface area contributed by atoms with Crippen molar-refractivity contribution in [3.8, 4) is 22.5 Å². The quantitative estimate of drug-likeness (QED) is 0.360. The van der Waals surface area contributed by atoms with Crippen molar-refractivity contribution < 1.29 is 8.78 Å². The van der Waals surface area contributed by atoms with Gasteiger partial charge in [0.2, 0.25) is 0 Å². The largest absolute Gasteiger partial charge is 0.255 e. The molecule has 5 aromatic rings. The average Bonchev–Trinajstić information content (AvgIpc) is 2.73. The number of benzene rings is 3. The summed E-state index contributed by atoms with van der Waals surface area (Å²) in [5, 5.41) is 3.52. The molecule has 3 aromatic carbocycles. The lowest BCUT2D eigenvalue weighted by Gasteiger charge is -2.11. The molecule has 28 heavy (non-hydrogen) atoms. The molecule has 134 valence electrons. The van der Waals surface area contributed by atoms with E-state index in [1.165, 1.54) is 6.07 Å². The molecule has 0 fully saturated rings. The molecule has 0 spiro atoms. The maximum absolute atomic E-state index is 14.8. The third kappa shape index (κ3) is 2.62. The van der Waals surface area contributed by atoms with Gasteiger partial charge in [-0.25, -0.2) is 8.78 Å². The molecular formula is C24H14F2N2. The van der Waals surface area contributed by atoms with Crippen LogP contribution in [0.1, 0.15) is 0 Å². The van der Waals surface area contributed by atoms with Gasteiger partial charge in [-0.3, -0.25) is 9.97 Å². The summed E-state index contributed by atoms with van der Waals surface area (Å²) in [5.41, 5.74) is 1.47. The first-order valence-corrected chi connectivity index (χ1v) is 8.89. The van der Waals surface area contributed by atoms with Crippen molar-refractivity contribution in [1.82, 2.24) is 9.97 Å². The zero-order valence-corrected chi connectivity index (χ0v) is 14.7. The maximum atomic E-state index is 14.8. The van der Waals surface area contributed by atoms with E-state index >= 15 is 0 Å². The molecule has 0 aliphatic rings. The van der Waals surface area contributed by atoms with Gasteiger partial charge in [-0.15, -0.1) is 0 Å². The normalized spacial score (nSPS) is 11.2. The molecule has 0 saturated heterocycles. The standard InChI is InChI=1S/C24H14F2N2/c25-21-14-22(26)20(24-18-8-4-2-6-16(18)10-12-28-24)13-19(21)23-17-7-3-1-5-15(17)9-11-27-23/h1-14H. The molecule has 2 nitrogen and oxygen atoms in total. The highest BCUT2D eigenvalue weighted by Gasteiger charge is 2.18. The monoisotopic (exact) mass is 368 g/mol. The van der Waals surface area contributed by atoms with Crippen LogP contribution < -0.4 is 0 Å². The third-order valence-electron chi connectivity index (χ3n) is 4.91. The lowest BCUT2D eigenvalue weighted by atomic mass is 9.98. The highest BCUT2D eigenvalue weighted by Crippen LogP contribution is 2.35. The third-order valence-corrected chi connectivity index (χ3v) is 4.91. The molecule has 2 aromatic heterocycles. The van der Waals surface area contributed by atoms with Crippen LogP contribution in [0.15, 0.2) is 85.2 Å². The maximum Gasteiger partial charge on any atom is 0.135 e. The molecule has 0 atom stereocenters. The number of fused-ring (bicyclic) bond motifs is 2. The first-order valence-electron chi connectivity index (χ1n) is 8.89. The van der Waals surface area contributed by atoms with E-state index in [0.29, 0.717) is 11.4 Å². The summed E-state index contributed by atoms with van der Waals surface area (Å²) in [4.78, 5) is 8.76. The van der Waals surface area contributed by atoms with Gasteiger partial charge in [0.15, 0.2) is 0 Å². The van der Waals surface area contributed by atoms with Crippen LogP contribution in [0, 0.1) is 11.6 Å². The Labute approximate surface area is 160 Å². The Bertz CT molecular complexity index is 1230. The van der Waals surface area contributed by atoms with Gasteiger partial charge in [-0.1, -0.05) is 48.5 Å². The first-order chi connectivity index (χ1) is 13.7. The predicted molar refractivity (Wildman–Crippen MR) is 108 cm³/mol. The second-order valence-corrected chi connectivity index (χ2v) is 6.57. The minimum absolute atomic E-state index is 0.253. The van der Waals surface area contributed by atoms with E-state index in [1.54, 1.807) is 12.4 Å². The second kappa shape index (κ2) is 6.50. The Morgan fingerprint density at radius 1 is 0.536 bits per heavy atom. The number of rotatable bonds is 2. The summed E-state index contributed by atoms with van der Waals surface area (Å²) in [5.74, 6) is -1.30. The fourth-order valence-corrected chi connectivity index (χ4v) is 3.58. The van der Waals surface area contributed by atoms with Crippen molar-refractivity contribution in [2.24, 2.45) is 0 Å². The summed E-state index contributed by atoms with van der Waals surface area (Å²) in [7, 11) is 0. The number of nitrogens with zero attached hydrogens (tertiary/aromatic N) is 2. The van der Waals surface area contributed by atoms with Crippen molar-refractivity contribution in [1.29, 1.82) is 0 Å².